The lowest BCUT2D eigenvalue weighted by Gasteiger charge is -2.11. The van der Waals surface area contributed by atoms with Gasteiger partial charge in [0.25, 0.3) is 0 Å². The first-order valence-corrected chi connectivity index (χ1v) is 7.04. The number of aryl methyl sites for hydroxylation is 2. The van der Waals surface area contributed by atoms with Crippen LogP contribution in [0.2, 0.25) is 0 Å². The number of nitrogens with one attached hydrogen (secondary N) is 1. The molecular formula is C18H19NO2. The first kappa shape index (κ1) is 13.6. The van der Waals surface area contributed by atoms with Gasteiger partial charge in [-0.05, 0) is 43.7 Å². The average molecular weight is 281 g/mol. The molecule has 0 bridgehead atoms. The van der Waals surface area contributed by atoms with Crippen molar-refractivity contribution in [3.63, 3.8) is 0 Å². The summed E-state index contributed by atoms with van der Waals surface area (Å²) < 4.78 is 11.0. The Kier molecular flexibility index (Phi) is 3.57. The summed E-state index contributed by atoms with van der Waals surface area (Å²) in [5, 5.41) is 4.66. The van der Waals surface area contributed by atoms with Crippen LogP contribution in [-0.2, 0) is 6.54 Å². The molecule has 3 heteroatoms. The van der Waals surface area contributed by atoms with Crippen LogP contribution in [0, 0.1) is 13.8 Å². The Hall–Kier alpha value is -2.42. The predicted molar refractivity (Wildman–Crippen MR) is 86.0 cm³/mol. The van der Waals surface area contributed by atoms with Crippen LogP contribution in [0.3, 0.4) is 0 Å². The Bertz CT molecular complexity index is 774. The third kappa shape index (κ3) is 2.59. The van der Waals surface area contributed by atoms with Crippen LogP contribution in [0.4, 0.5) is 5.69 Å². The maximum absolute atomic E-state index is 5.79. The summed E-state index contributed by atoms with van der Waals surface area (Å²) in [5.41, 5.74) is 4.43. The number of fused-ring (bicyclic) bond motifs is 1. The summed E-state index contributed by atoms with van der Waals surface area (Å²) >= 11 is 0. The molecule has 21 heavy (non-hydrogen) atoms. The minimum Gasteiger partial charge on any atom is -0.497 e. The molecule has 3 rings (SSSR count). The van der Waals surface area contributed by atoms with Crippen molar-refractivity contribution >= 4 is 16.7 Å². The zero-order valence-electron chi connectivity index (χ0n) is 12.6. The third-order valence-corrected chi connectivity index (χ3v) is 3.79. The molecule has 3 nitrogen and oxygen atoms in total. The van der Waals surface area contributed by atoms with Crippen LogP contribution in [0.25, 0.3) is 11.0 Å². The maximum atomic E-state index is 5.79. The Morgan fingerprint density at radius 3 is 2.67 bits per heavy atom. The van der Waals surface area contributed by atoms with Crippen molar-refractivity contribution in [2.75, 3.05) is 12.4 Å². The van der Waals surface area contributed by atoms with E-state index in [9.17, 15) is 0 Å². The van der Waals surface area contributed by atoms with Crippen molar-refractivity contribution in [2.24, 2.45) is 0 Å². The topological polar surface area (TPSA) is 34.4 Å². The molecule has 1 N–H and O–H groups in total. The summed E-state index contributed by atoms with van der Waals surface area (Å²) in [6, 6.07) is 14.2. The Labute approximate surface area is 124 Å². The monoisotopic (exact) mass is 281 g/mol. The van der Waals surface area contributed by atoms with Gasteiger partial charge in [0.2, 0.25) is 0 Å². The van der Waals surface area contributed by atoms with E-state index in [-0.39, 0.29) is 0 Å². The lowest BCUT2D eigenvalue weighted by atomic mass is 10.1. The SMILES string of the molecule is COc1ccc(NCc2c(C)oc3ccccc23)c(C)c1. The second kappa shape index (κ2) is 5.52. The Morgan fingerprint density at radius 2 is 1.90 bits per heavy atom. The van der Waals surface area contributed by atoms with Crippen LogP contribution in [-0.4, -0.2) is 7.11 Å². The Balaban J connectivity index is 1.85. The number of para-hydroxylation sites is 1. The third-order valence-electron chi connectivity index (χ3n) is 3.79. The van der Waals surface area contributed by atoms with E-state index in [1.54, 1.807) is 7.11 Å². The highest BCUT2D eigenvalue weighted by Crippen LogP contribution is 2.27. The molecule has 0 saturated carbocycles. The lowest BCUT2D eigenvalue weighted by molar-refractivity contribution is 0.414. The van der Waals surface area contributed by atoms with Gasteiger partial charge in [0, 0.05) is 23.2 Å². The zero-order valence-corrected chi connectivity index (χ0v) is 12.6. The van der Waals surface area contributed by atoms with Crippen molar-refractivity contribution < 1.29 is 9.15 Å². The van der Waals surface area contributed by atoms with E-state index in [1.165, 1.54) is 16.5 Å². The number of benzene rings is 2. The summed E-state index contributed by atoms with van der Waals surface area (Å²) in [4.78, 5) is 0. The van der Waals surface area contributed by atoms with Crippen LogP contribution in [0.5, 0.6) is 5.75 Å². The van der Waals surface area contributed by atoms with Crippen LogP contribution in [0.15, 0.2) is 46.9 Å². The molecule has 3 aromatic rings. The second-order valence-corrected chi connectivity index (χ2v) is 5.17. The average Bonchev–Trinajstić information content (AvgIpc) is 2.81. The maximum Gasteiger partial charge on any atom is 0.134 e. The molecule has 0 aliphatic heterocycles. The molecule has 0 atom stereocenters. The highest BCUT2D eigenvalue weighted by molar-refractivity contribution is 5.82. The van der Waals surface area contributed by atoms with Gasteiger partial charge >= 0.3 is 0 Å². The normalized spacial score (nSPS) is 10.8. The highest BCUT2D eigenvalue weighted by atomic mass is 16.5. The molecule has 0 spiro atoms. The van der Waals surface area contributed by atoms with Crippen LogP contribution < -0.4 is 10.1 Å². The van der Waals surface area contributed by atoms with Crippen molar-refractivity contribution in [3.05, 3.63) is 59.4 Å². The zero-order chi connectivity index (χ0) is 14.8. The van der Waals surface area contributed by atoms with E-state index in [0.717, 1.165) is 29.3 Å². The number of anilines is 1. The standard InChI is InChI=1S/C18H19NO2/c1-12-10-14(20-3)8-9-17(12)19-11-16-13(2)21-18-7-5-4-6-15(16)18/h4-10,19H,11H2,1-3H3. The first-order valence-electron chi connectivity index (χ1n) is 7.04. The molecule has 0 amide bonds. The van der Waals surface area contributed by atoms with Crippen molar-refractivity contribution in [1.29, 1.82) is 0 Å². The largest absolute Gasteiger partial charge is 0.497 e. The second-order valence-electron chi connectivity index (χ2n) is 5.17. The molecule has 0 fully saturated rings. The number of hydrogen-bond donors (Lipinski definition) is 1. The highest BCUT2D eigenvalue weighted by Gasteiger charge is 2.10. The molecule has 0 unspecified atom stereocenters. The Morgan fingerprint density at radius 1 is 1.10 bits per heavy atom. The van der Waals surface area contributed by atoms with Gasteiger partial charge < -0.3 is 14.5 Å². The predicted octanol–water partition coefficient (Wildman–Crippen LogP) is 4.67. The van der Waals surface area contributed by atoms with Crippen molar-refractivity contribution in [3.8, 4) is 5.75 Å². The lowest BCUT2D eigenvalue weighted by Crippen LogP contribution is -2.01. The van der Waals surface area contributed by atoms with Gasteiger partial charge in [0.15, 0.2) is 0 Å². The molecule has 0 saturated heterocycles. The summed E-state index contributed by atoms with van der Waals surface area (Å²) in [5.74, 6) is 1.85. The molecule has 0 aliphatic carbocycles. The number of ether oxygens (including phenoxy) is 1. The molecule has 108 valence electrons. The molecule has 0 radical (unpaired) electrons. The number of hydrogen-bond acceptors (Lipinski definition) is 3. The number of furan rings is 1. The van der Waals surface area contributed by atoms with Crippen LogP contribution in [0.1, 0.15) is 16.9 Å². The minimum atomic E-state index is 0.746. The van der Waals surface area contributed by atoms with Crippen molar-refractivity contribution in [1.82, 2.24) is 0 Å². The fraction of sp³-hybridized carbons (Fsp3) is 0.222. The summed E-state index contributed by atoms with van der Waals surface area (Å²) in [6.45, 7) is 4.83. The van der Waals surface area contributed by atoms with E-state index in [0.29, 0.717) is 0 Å². The van der Waals surface area contributed by atoms with Crippen LogP contribution >= 0.6 is 0 Å². The van der Waals surface area contributed by atoms with E-state index in [1.807, 2.05) is 43.3 Å². The molecule has 2 aromatic carbocycles. The summed E-state index contributed by atoms with van der Waals surface area (Å²) in [6.07, 6.45) is 0. The molecule has 1 heterocycles. The quantitative estimate of drug-likeness (QED) is 0.754. The molecular weight excluding hydrogens is 262 g/mol. The van der Waals surface area contributed by atoms with Gasteiger partial charge in [0.1, 0.15) is 17.1 Å². The van der Waals surface area contributed by atoms with E-state index in [2.05, 4.69) is 18.3 Å². The minimum absolute atomic E-state index is 0.746. The fourth-order valence-electron chi connectivity index (χ4n) is 2.59. The van der Waals surface area contributed by atoms with Crippen molar-refractivity contribution in [2.45, 2.75) is 20.4 Å². The van der Waals surface area contributed by atoms with Gasteiger partial charge in [-0.3, -0.25) is 0 Å². The first-order chi connectivity index (χ1) is 10.2. The van der Waals surface area contributed by atoms with Gasteiger partial charge in [-0.15, -0.1) is 0 Å². The van der Waals surface area contributed by atoms with E-state index < -0.39 is 0 Å². The molecule has 0 aliphatic rings. The van der Waals surface area contributed by atoms with Gasteiger partial charge in [-0.25, -0.2) is 0 Å². The van der Waals surface area contributed by atoms with E-state index >= 15 is 0 Å². The number of methoxy groups -OCH3 is 1. The smallest absolute Gasteiger partial charge is 0.134 e. The van der Waals surface area contributed by atoms with E-state index in [4.69, 9.17) is 9.15 Å². The fourth-order valence-corrected chi connectivity index (χ4v) is 2.59. The van der Waals surface area contributed by atoms with Gasteiger partial charge in [0.05, 0.1) is 7.11 Å². The number of rotatable bonds is 4. The van der Waals surface area contributed by atoms with Gasteiger partial charge in [-0.2, -0.15) is 0 Å². The summed E-state index contributed by atoms with van der Waals surface area (Å²) in [7, 11) is 1.68. The van der Waals surface area contributed by atoms with Gasteiger partial charge in [-0.1, -0.05) is 18.2 Å². The molecule has 1 aromatic heterocycles.